The molecule has 0 saturated carbocycles. The normalized spacial score (nSPS) is 10.3. The summed E-state index contributed by atoms with van der Waals surface area (Å²) < 4.78 is 10.7. The van der Waals surface area contributed by atoms with Crippen molar-refractivity contribution in [1.82, 2.24) is 5.32 Å². The predicted molar refractivity (Wildman–Crippen MR) is 81.3 cm³/mol. The molecule has 5 heteroatoms. The minimum absolute atomic E-state index is 0.0937. The fraction of sp³-hybridized carbons (Fsp3) is 0.312. The second kappa shape index (κ2) is 8.11. The summed E-state index contributed by atoms with van der Waals surface area (Å²) in [5, 5.41) is 5.83. The third kappa shape index (κ3) is 5.31. The molecule has 1 heterocycles. The van der Waals surface area contributed by atoms with Crippen molar-refractivity contribution in [3.05, 3.63) is 48.4 Å². The number of amides is 1. The van der Waals surface area contributed by atoms with E-state index in [2.05, 4.69) is 17.6 Å². The second-order valence-electron chi connectivity index (χ2n) is 4.60. The van der Waals surface area contributed by atoms with Crippen molar-refractivity contribution in [3.8, 4) is 5.75 Å². The number of nitrogens with one attached hydrogen (secondary N) is 2. The van der Waals surface area contributed by atoms with Crippen LogP contribution in [0.5, 0.6) is 5.75 Å². The van der Waals surface area contributed by atoms with Crippen molar-refractivity contribution in [1.29, 1.82) is 0 Å². The zero-order valence-electron chi connectivity index (χ0n) is 12.1. The van der Waals surface area contributed by atoms with Gasteiger partial charge in [0.05, 0.1) is 26.0 Å². The summed E-state index contributed by atoms with van der Waals surface area (Å²) in [6.07, 6.45) is 2.58. The lowest BCUT2D eigenvalue weighted by Crippen LogP contribution is -2.27. The van der Waals surface area contributed by atoms with Gasteiger partial charge in [-0.3, -0.25) is 4.79 Å². The maximum atomic E-state index is 11.8. The van der Waals surface area contributed by atoms with Crippen molar-refractivity contribution in [2.24, 2.45) is 0 Å². The van der Waals surface area contributed by atoms with Crippen LogP contribution < -0.4 is 15.4 Å². The average Bonchev–Trinajstić information content (AvgIpc) is 3.00. The topological polar surface area (TPSA) is 63.5 Å². The molecule has 1 aromatic heterocycles. The van der Waals surface area contributed by atoms with E-state index >= 15 is 0 Å². The summed E-state index contributed by atoms with van der Waals surface area (Å²) >= 11 is 0. The highest BCUT2D eigenvalue weighted by Gasteiger charge is 2.03. The largest absolute Gasteiger partial charge is 0.494 e. The highest BCUT2D eigenvalue weighted by molar-refractivity contribution is 5.92. The summed E-state index contributed by atoms with van der Waals surface area (Å²) in [5.74, 6) is 1.52. The number of carbonyl (C=O) groups excluding carboxylic acids is 1. The summed E-state index contributed by atoms with van der Waals surface area (Å²) in [7, 11) is 0. The summed E-state index contributed by atoms with van der Waals surface area (Å²) in [6.45, 7) is 3.52. The van der Waals surface area contributed by atoms with Crippen LogP contribution in [0.4, 0.5) is 5.69 Å². The van der Waals surface area contributed by atoms with E-state index in [1.807, 2.05) is 36.4 Å². The van der Waals surface area contributed by atoms with Crippen LogP contribution in [0.15, 0.2) is 47.1 Å². The Kier molecular flexibility index (Phi) is 5.84. The van der Waals surface area contributed by atoms with Gasteiger partial charge in [-0.05, 0) is 42.8 Å². The fourth-order valence-corrected chi connectivity index (χ4v) is 1.77. The standard InChI is InChI=1S/C16H20N2O3/c1-2-9-20-14-7-5-13(6-8-14)18-16(19)12-17-11-15-4-3-10-21-15/h3-8,10,17H,2,9,11-12H2,1H3,(H,18,19). The van der Waals surface area contributed by atoms with Gasteiger partial charge >= 0.3 is 0 Å². The molecule has 1 amide bonds. The van der Waals surface area contributed by atoms with Crippen molar-refractivity contribution in [2.75, 3.05) is 18.5 Å². The van der Waals surface area contributed by atoms with Gasteiger partial charge in [0.2, 0.25) is 5.91 Å². The van der Waals surface area contributed by atoms with Crippen LogP contribution in [0.2, 0.25) is 0 Å². The number of hydrogen-bond acceptors (Lipinski definition) is 4. The first-order valence-electron chi connectivity index (χ1n) is 7.03. The zero-order chi connectivity index (χ0) is 14.9. The molecular formula is C16H20N2O3. The lowest BCUT2D eigenvalue weighted by Gasteiger charge is -2.08. The van der Waals surface area contributed by atoms with Crippen LogP contribution in [-0.4, -0.2) is 19.1 Å². The highest BCUT2D eigenvalue weighted by Crippen LogP contribution is 2.15. The Bertz CT molecular complexity index is 535. The number of carbonyl (C=O) groups is 1. The first-order valence-corrected chi connectivity index (χ1v) is 7.03. The molecule has 5 nitrogen and oxygen atoms in total. The molecule has 0 aliphatic carbocycles. The van der Waals surface area contributed by atoms with Gasteiger partial charge in [0.1, 0.15) is 11.5 Å². The molecule has 0 radical (unpaired) electrons. The van der Waals surface area contributed by atoms with Crippen molar-refractivity contribution >= 4 is 11.6 Å². The fourth-order valence-electron chi connectivity index (χ4n) is 1.77. The highest BCUT2D eigenvalue weighted by atomic mass is 16.5. The Morgan fingerprint density at radius 2 is 2.05 bits per heavy atom. The molecule has 21 heavy (non-hydrogen) atoms. The number of benzene rings is 1. The van der Waals surface area contributed by atoms with Crippen LogP contribution in [0.3, 0.4) is 0 Å². The smallest absolute Gasteiger partial charge is 0.238 e. The van der Waals surface area contributed by atoms with Gasteiger partial charge < -0.3 is 19.8 Å². The maximum Gasteiger partial charge on any atom is 0.238 e. The van der Waals surface area contributed by atoms with Gasteiger partial charge in [-0.15, -0.1) is 0 Å². The monoisotopic (exact) mass is 288 g/mol. The maximum absolute atomic E-state index is 11.8. The lowest BCUT2D eigenvalue weighted by molar-refractivity contribution is -0.115. The van der Waals surface area contributed by atoms with Crippen molar-refractivity contribution < 1.29 is 13.9 Å². The van der Waals surface area contributed by atoms with Gasteiger partial charge in [0, 0.05) is 5.69 Å². The van der Waals surface area contributed by atoms with Gasteiger partial charge in [-0.25, -0.2) is 0 Å². The van der Waals surface area contributed by atoms with Gasteiger partial charge in [0.15, 0.2) is 0 Å². The molecule has 2 aromatic rings. The van der Waals surface area contributed by atoms with Crippen molar-refractivity contribution in [2.45, 2.75) is 19.9 Å². The summed E-state index contributed by atoms with van der Waals surface area (Å²) in [5.41, 5.74) is 0.753. The molecule has 0 aliphatic rings. The van der Waals surface area contributed by atoms with Crippen molar-refractivity contribution in [3.63, 3.8) is 0 Å². The minimum atomic E-state index is -0.0937. The second-order valence-corrected chi connectivity index (χ2v) is 4.60. The molecule has 2 N–H and O–H groups in total. The first-order chi connectivity index (χ1) is 10.3. The SMILES string of the molecule is CCCOc1ccc(NC(=O)CNCc2ccco2)cc1. The predicted octanol–water partition coefficient (Wildman–Crippen LogP) is 2.80. The van der Waals surface area contributed by atoms with Crippen LogP contribution in [0.1, 0.15) is 19.1 Å². The van der Waals surface area contributed by atoms with E-state index in [1.54, 1.807) is 6.26 Å². The molecule has 0 unspecified atom stereocenters. The first kappa shape index (κ1) is 15.1. The molecule has 0 saturated heterocycles. The summed E-state index contributed by atoms with van der Waals surface area (Å²) in [4.78, 5) is 11.8. The molecule has 112 valence electrons. The third-order valence-corrected chi connectivity index (χ3v) is 2.78. The number of furan rings is 1. The van der Waals surface area contributed by atoms with Crippen LogP contribution in [-0.2, 0) is 11.3 Å². The molecule has 0 aliphatic heterocycles. The van der Waals surface area contributed by atoms with Crippen LogP contribution in [0, 0.1) is 0 Å². The van der Waals surface area contributed by atoms with Crippen LogP contribution in [0.25, 0.3) is 0 Å². The van der Waals surface area contributed by atoms with Gasteiger partial charge in [0.25, 0.3) is 0 Å². The minimum Gasteiger partial charge on any atom is -0.494 e. The molecule has 1 aromatic carbocycles. The van der Waals surface area contributed by atoms with Crippen LogP contribution >= 0.6 is 0 Å². The molecule has 0 atom stereocenters. The molecule has 2 rings (SSSR count). The lowest BCUT2D eigenvalue weighted by atomic mass is 10.3. The van der Waals surface area contributed by atoms with E-state index in [0.29, 0.717) is 13.2 Å². The molecule has 0 spiro atoms. The Balaban J connectivity index is 1.71. The van der Waals surface area contributed by atoms with Gasteiger partial charge in [-0.2, -0.15) is 0 Å². The third-order valence-electron chi connectivity index (χ3n) is 2.78. The Labute approximate surface area is 124 Å². The number of hydrogen-bond donors (Lipinski definition) is 2. The van der Waals surface area contributed by atoms with E-state index < -0.39 is 0 Å². The number of anilines is 1. The molecule has 0 bridgehead atoms. The molecule has 0 fully saturated rings. The van der Waals surface area contributed by atoms with E-state index in [0.717, 1.165) is 23.6 Å². The number of rotatable bonds is 8. The van der Waals surface area contributed by atoms with E-state index in [9.17, 15) is 4.79 Å². The van der Waals surface area contributed by atoms with E-state index in [1.165, 1.54) is 0 Å². The zero-order valence-corrected chi connectivity index (χ0v) is 12.1. The Hall–Kier alpha value is -2.27. The number of ether oxygens (including phenoxy) is 1. The summed E-state index contributed by atoms with van der Waals surface area (Å²) in [6, 6.07) is 11.0. The molecular weight excluding hydrogens is 268 g/mol. The van der Waals surface area contributed by atoms with Gasteiger partial charge in [-0.1, -0.05) is 6.92 Å². The quantitative estimate of drug-likeness (QED) is 0.784. The van der Waals surface area contributed by atoms with E-state index in [4.69, 9.17) is 9.15 Å². The Morgan fingerprint density at radius 1 is 1.24 bits per heavy atom. The Morgan fingerprint density at radius 3 is 2.71 bits per heavy atom. The average molecular weight is 288 g/mol. The van der Waals surface area contributed by atoms with E-state index in [-0.39, 0.29) is 12.5 Å².